The van der Waals surface area contributed by atoms with Gasteiger partial charge in [-0.3, -0.25) is 0 Å². The second kappa shape index (κ2) is 5.20. The molecule has 0 spiro atoms. The number of carbonyl (C=O) groups is 1. The molecule has 1 unspecified atom stereocenters. The fraction of sp³-hybridized carbons (Fsp3) is 0.308. The standard InChI is InChI=1S/C13H15NO4/c1-8(15)6-14-7-9-2-3-11-10(4-9)5-12(18-11)13(16)17/h2-5,8,14-15H,6-7H2,1H3,(H,16,17). The Morgan fingerprint density at radius 3 is 2.89 bits per heavy atom. The van der Waals surface area contributed by atoms with Crippen LogP contribution in [0.2, 0.25) is 0 Å². The first-order valence-corrected chi connectivity index (χ1v) is 5.71. The van der Waals surface area contributed by atoms with Crippen LogP contribution in [0.4, 0.5) is 0 Å². The van der Waals surface area contributed by atoms with Gasteiger partial charge in [0.25, 0.3) is 0 Å². The third-order valence-corrected chi connectivity index (χ3v) is 2.56. The summed E-state index contributed by atoms with van der Waals surface area (Å²) in [6.45, 7) is 2.85. The van der Waals surface area contributed by atoms with Gasteiger partial charge in [0.15, 0.2) is 0 Å². The summed E-state index contributed by atoms with van der Waals surface area (Å²) in [6, 6.07) is 7.00. The van der Waals surface area contributed by atoms with E-state index in [9.17, 15) is 4.79 Å². The summed E-state index contributed by atoms with van der Waals surface area (Å²) < 4.78 is 5.17. The van der Waals surface area contributed by atoms with E-state index in [4.69, 9.17) is 14.6 Å². The maximum Gasteiger partial charge on any atom is 0.371 e. The molecule has 0 aliphatic heterocycles. The molecule has 2 rings (SSSR count). The number of furan rings is 1. The lowest BCUT2D eigenvalue weighted by molar-refractivity contribution is 0.0665. The molecule has 0 amide bonds. The Balaban J connectivity index is 2.14. The fourth-order valence-electron chi connectivity index (χ4n) is 1.73. The topological polar surface area (TPSA) is 82.7 Å². The number of fused-ring (bicyclic) bond motifs is 1. The van der Waals surface area contributed by atoms with Gasteiger partial charge in [0.2, 0.25) is 5.76 Å². The van der Waals surface area contributed by atoms with Gasteiger partial charge in [0, 0.05) is 18.5 Å². The van der Waals surface area contributed by atoms with Crippen molar-refractivity contribution in [3.05, 3.63) is 35.6 Å². The van der Waals surface area contributed by atoms with Crippen molar-refractivity contribution in [3.63, 3.8) is 0 Å². The Morgan fingerprint density at radius 2 is 2.22 bits per heavy atom. The second-order valence-corrected chi connectivity index (χ2v) is 4.27. The Bertz CT molecular complexity index is 559. The van der Waals surface area contributed by atoms with Crippen molar-refractivity contribution in [1.29, 1.82) is 0 Å². The lowest BCUT2D eigenvalue weighted by Gasteiger charge is -2.06. The minimum absolute atomic E-state index is 0.0564. The number of rotatable bonds is 5. The summed E-state index contributed by atoms with van der Waals surface area (Å²) in [5.74, 6) is -1.13. The van der Waals surface area contributed by atoms with E-state index in [0.29, 0.717) is 18.7 Å². The smallest absolute Gasteiger partial charge is 0.371 e. The summed E-state index contributed by atoms with van der Waals surface area (Å²) in [4.78, 5) is 10.8. The molecule has 1 heterocycles. The lowest BCUT2D eigenvalue weighted by atomic mass is 10.1. The van der Waals surface area contributed by atoms with E-state index < -0.39 is 5.97 Å². The Labute approximate surface area is 104 Å². The zero-order valence-electron chi connectivity index (χ0n) is 10.0. The van der Waals surface area contributed by atoms with Gasteiger partial charge in [-0.15, -0.1) is 0 Å². The van der Waals surface area contributed by atoms with Crippen LogP contribution in [-0.2, 0) is 6.54 Å². The van der Waals surface area contributed by atoms with Gasteiger partial charge in [-0.2, -0.15) is 0 Å². The van der Waals surface area contributed by atoms with Gasteiger partial charge in [0.05, 0.1) is 6.10 Å². The summed E-state index contributed by atoms with van der Waals surface area (Å²) in [5, 5.41) is 21.8. The van der Waals surface area contributed by atoms with E-state index in [1.807, 2.05) is 12.1 Å². The maximum absolute atomic E-state index is 10.8. The molecule has 0 aliphatic rings. The van der Waals surface area contributed by atoms with Crippen LogP contribution in [0, 0.1) is 0 Å². The molecule has 5 heteroatoms. The Hall–Kier alpha value is -1.85. The molecular weight excluding hydrogens is 234 g/mol. The minimum atomic E-state index is -1.07. The number of nitrogens with one attached hydrogen (secondary N) is 1. The number of aliphatic hydroxyl groups is 1. The van der Waals surface area contributed by atoms with Crippen LogP contribution in [0.1, 0.15) is 23.0 Å². The number of aliphatic hydroxyl groups excluding tert-OH is 1. The predicted molar refractivity (Wildman–Crippen MR) is 66.6 cm³/mol. The van der Waals surface area contributed by atoms with Crippen molar-refractivity contribution in [2.75, 3.05) is 6.54 Å². The molecule has 5 nitrogen and oxygen atoms in total. The van der Waals surface area contributed by atoms with Crippen molar-refractivity contribution < 1.29 is 19.4 Å². The van der Waals surface area contributed by atoms with Crippen molar-refractivity contribution >= 4 is 16.9 Å². The van der Waals surface area contributed by atoms with Crippen LogP contribution in [0.3, 0.4) is 0 Å². The maximum atomic E-state index is 10.8. The van der Waals surface area contributed by atoms with Gasteiger partial charge in [-0.1, -0.05) is 6.07 Å². The van der Waals surface area contributed by atoms with Gasteiger partial charge in [0.1, 0.15) is 5.58 Å². The third kappa shape index (κ3) is 2.88. The molecule has 0 saturated heterocycles. The summed E-state index contributed by atoms with van der Waals surface area (Å²) in [6.07, 6.45) is -0.388. The second-order valence-electron chi connectivity index (χ2n) is 4.27. The van der Waals surface area contributed by atoms with Crippen molar-refractivity contribution in [2.24, 2.45) is 0 Å². The van der Waals surface area contributed by atoms with Crippen LogP contribution < -0.4 is 5.32 Å². The molecule has 96 valence electrons. The molecule has 0 radical (unpaired) electrons. The average molecular weight is 249 g/mol. The first-order chi connectivity index (χ1) is 8.56. The number of aromatic carboxylic acids is 1. The Kier molecular flexibility index (Phi) is 3.64. The highest BCUT2D eigenvalue weighted by Gasteiger charge is 2.10. The van der Waals surface area contributed by atoms with Crippen LogP contribution >= 0.6 is 0 Å². The summed E-state index contributed by atoms with van der Waals surface area (Å²) >= 11 is 0. The molecule has 1 atom stereocenters. The Morgan fingerprint density at radius 1 is 1.44 bits per heavy atom. The molecule has 2 aromatic rings. The predicted octanol–water partition coefficient (Wildman–Crippen LogP) is 1.60. The number of carboxylic acid groups (broad SMARTS) is 1. The molecular formula is C13H15NO4. The SMILES string of the molecule is CC(O)CNCc1ccc2oc(C(=O)O)cc2c1. The zero-order chi connectivity index (χ0) is 13.1. The first kappa shape index (κ1) is 12.6. The van der Waals surface area contributed by atoms with Crippen molar-refractivity contribution in [2.45, 2.75) is 19.6 Å². The van der Waals surface area contributed by atoms with Crippen LogP contribution in [0.15, 0.2) is 28.7 Å². The van der Waals surface area contributed by atoms with E-state index in [1.165, 1.54) is 6.07 Å². The van der Waals surface area contributed by atoms with E-state index >= 15 is 0 Å². The minimum Gasteiger partial charge on any atom is -0.475 e. The van der Waals surface area contributed by atoms with Crippen molar-refractivity contribution in [3.8, 4) is 0 Å². The summed E-state index contributed by atoms with van der Waals surface area (Å²) in [7, 11) is 0. The monoisotopic (exact) mass is 249 g/mol. The molecule has 0 aliphatic carbocycles. The summed E-state index contributed by atoms with van der Waals surface area (Å²) in [5.41, 5.74) is 1.58. The number of hydrogen-bond acceptors (Lipinski definition) is 4. The van der Waals surface area contributed by atoms with E-state index in [0.717, 1.165) is 10.9 Å². The van der Waals surface area contributed by atoms with E-state index in [1.54, 1.807) is 13.0 Å². The molecule has 1 aromatic carbocycles. The van der Waals surface area contributed by atoms with Crippen LogP contribution in [0.25, 0.3) is 11.0 Å². The lowest BCUT2D eigenvalue weighted by Crippen LogP contribution is -2.23. The largest absolute Gasteiger partial charge is 0.475 e. The van der Waals surface area contributed by atoms with Gasteiger partial charge in [-0.25, -0.2) is 4.79 Å². The molecule has 3 N–H and O–H groups in total. The number of hydrogen-bond donors (Lipinski definition) is 3. The molecule has 1 aromatic heterocycles. The third-order valence-electron chi connectivity index (χ3n) is 2.56. The molecule has 0 fully saturated rings. The number of benzene rings is 1. The zero-order valence-corrected chi connectivity index (χ0v) is 10.0. The highest BCUT2D eigenvalue weighted by atomic mass is 16.4. The fourth-order valence-corrected chi connectivity index (χ4v) is 1.73. The highest BCUT2D eigenvalue weighted by Crippen LogP contribution is 2.20. The molecule has 0 saturated carbocycles. The van der Waals surface area contributed by atoms with Gasteiger partial charge < -0.3 is 19.9 Å². The van der Waals surface area contributed by atoms with Crippen molar-refractivity contribution in [1.82, 2.24) is 5.32 Å². The van der Waals surface area contributed by atoms with Gasteiger partial charge >= 0.3 is 5.97 Å². The highest BCUT2D eigenvalue weighted by molar-refractivity contribution is 5.91. The number of carboxylic acids is 1. The average Bonchev–Trinajstić information content (AvgIpc) is 2.71. The van der Waals surface area contributed by atoms with E-state index in [-0.39, 0.29) is 11.9 Å². The van der Waals surface area contributed by atoms with E-state index in [2.05, 4.69) is 5.32 Å². The molecule has 0 bridgehead atoms. The van der Waals surface area contributed by atoms with Crippen LogP contribution in [-0.4, -0.2) is 28.8 Å². The van der Waals surface area contributed by atoms with Crippen LogP contribution in [0.5, 0.6) is 0 Å². The first-order valence-electron chi connectivity index (χ1n) is 5.71. The molecule has 18 heavy (non-hydrogen) atoms. The van der Waals surface area contributed by atoms with Gasteiger partial charge in [-0.05, 0) is 30.7 Å². The quantitative estimate of drug-likeness (QED) is 0.749. The normalized spacial score (nSPS) is 12.8.